The molecule has 0 radical (unpaired) electrons. The molecular formula is C34H36N4O4S2. The van der Waals surface area contributed by atoms with Crippen molar-refractivity contribution in [1.82, 2.24) is 15.2 Å². The smallest absolute Gasteiger partial charge is 0.256 e. The molecule has 228 valence electrons. The molecule has 0 saturated carbocycles. The summed E-state index contributed by atoms with van der Waals surface area (Å²) >= 11 is 3.06. The van der Waals surface area contributed by atoms with Crippen molar-refractivity contribution < 1.29 is 19.4 Å². The van der Waals surface area contributed by atoms with Gasteiger partial charge in [0.15, 0.2) is 0 Å². The van der Waals surface area contributed by atoms with Crippen molar-refractivity contribution in [1.29, 1.82) is 0 Å². The van der Waals surface area contributed by atoms with Gasteiger partial charge in [-0.15, -0.1) is 11.3 Å². The number of aromatic nitrogens is 1. The number of benzene rings is 3. The third-order valence-electron chi connectivity index (χ3n) is 7.79. The molecule has 1 saturated heterocycles. The van der Waals surface area contributed by atoms with Gasteiger partial charge in [-0.3, -0.25) is 9.59 Å². The van der Waals surface area contributed by atoms with Crippen molar-refractivity contribution in [3.8, 4) is 16.3 Å². The molecule has 10 heteroatoms. The number of anilines is 1. The summed E-state index contributed by atoms with van der Waals surface area (Å²) in [6.07, 6.45) is 3.84. The summed E-state index contributed by atoms with van der Waals surface area (Å²) in [7, 11) is 0. The highest BCUT2D eigenvalue weighted by Gasteiger charge is 2.26. The second-order valence-electron chi connectivity index (χ2n) is 11.9. The predicted octanol–water partition coefficient (Wildman–Crippen LogP) is 6.38. The molecule has 0 spiro atoms. The van der Waals surface area contributed by atoms with Crippen LogP contribution in [0.2, 0.25) is 0 Å². The summed E-state index contributed by atoms with van der Waals surface area (Å²) in [5.74, 6) is 0.468. The van der Waals surface area contributed by atoms with Crippen LogP contribution in [-0.2, 0) is 6.54 Å². The number of aliphatic hydroxyl groups is 1. The number of carbonyl (C=O) groups excluding carboxylic acids is 2. The van der Waals surface area contributed by atoms with E-state index in [0.717, 1.165) is 62.5 Å². The molecule has 0 unspecified atom stereocenters. The summed E-state index contributed by atoms with van der Waals surface area (Å²) in [6.45, 7) is 8.42. The first kappa shape index (κ1) is 30.3. The SMILES string of the molecule is Cc1c(C(=O)NCc2cnc(-c3ccc(OC4CCN(CC(C)(C)O)CC4)cc3)s2)ccc2c1NC(=O)c1ccccc1S2. The van der Waals surface area contributed by atoms with Crippen molar-refractivity contribution in [2.75, 3.05) is 25.0 Å². The van der Waals surface area contributed by atoms with Crippen molar-refractivity contribution >= 4 is 40.6 Å². The van der Waals surface area contributed by atoms with Crippen LogP contribution in [0.5, 0.6) is 5.75 Å². The Morgan fingerprint density at radius 1 is 1.09 bits per heavy atom. The Balaban J connectivity index is 1.04. The minimum atomic E-state index is -0.682. The number of hydrogen-bond donors (Lipinski definition) is 3. The van der Waals surface area contributed by atoms with Gasteiger partial charge in [0.05, 0.1) is 23.4 Å². The van der Waals surface area contributed by atoms with E-state index < -0.39 is 5.60 Å². The largest absolute Gasteiger partial charge is 0.490 e. The lowest BCUT2D eigenvalue weighted by Crippen LogP contribution is -2.45. The number of thiazole rings is 1. The first-order chi connectivity index (χ1) is 21.1. The van der Waals surface area contributed by atoms with Crippen molar-refractivity contribution in [2.24, 2.45) is 0 Å². The van der Waals surface area contributed by atoms with Gasteiger partial charge in [-0.25, -0.2) is 4.98 Å². The fourth-order valence-corrected chi connectivity index (χ4v) is 7.56. The molecule has 3 aromatic carbocycles. The van der Waals surface area contributed by atoms with Crippen LogP contribution in [0.15, 0.2) is 76.7 Å². The Labute approximate surface area is 265 Å². The summed E-state index contributed by atoms with van der Waals surface area (Å²) in [6, 6.07) is 19.2. The zero-order valence-electron chi connectivity index (χ0n) is 25.1. The van der Waals surface area contributed by atoms with Gasteiger partial charge in [0.1, 0.15) is 16.9 Å². The number of likely N-dealkylation sites (tertiary alicyclic amines) is 1. The second-order valence-corrected chi connectivity index (χ2v) is 14.1. The maximum absolute atomic E-state index is 13.2. The highest BCUT2D eigenvalue weighted by atomic mass is 32.2. The molecule has 8 nitrogen and oxygen atoms in total. The molecule has 0 atom stereocenters. The van der Waals surface area contributed by atoms with E-state index in [1.54, 1.807) is 6.20 Å². The lowest BCUT2D eigenvalue weighted by Gasteiger charge is -2.35. The number of rotatable bonds is 8. The minimum absolute atomic E-state index is 0.170. The topological polar surface area (TPSA) is 104 Å². The Bertz CT molecular complexity index is 1670. The highest BCUT2D eigenvalue weighted by molar-refractivity contribution is 7.99. The summed E-state index contributed by atoms with van der Waals surface area (Å²) in [4.78, 5) is 35.7. The predicted molar refractivity (Wildman–Crippen MR) is 175 cm³/mol. The Kier molecular flexibility index (Phi) is 8.77. The third-order valence-corrected chi connectivity index (χ3v) is 9.97. The van der Waals surface area contributed by atoms with E-state index >= 15 is 0 Å². The Hall–Kier alpha value is -3.70. The fraction of sp³-hybridized carbons (Fsp3) is 0.324. The molecule has 6 rings (SSSR count). The van der Waals surface area contributed by atoms with Gasteiger partial charge < -0.3 is 25.4 Å². The van der Waals surface area contributed by atoms with Crippen LogP contribution in [0.3, 0.4) is 0 Å². The third kappa shape index (κ3) is 6.99. The normalized spacial score (nSPS) is 15.6. The van der Waals surface area contributed by atoms with Crippen LogP contribution in [0.4, 0.5) is 5.69 Å². The monoisotopic (exact) mass is 628 g/mol. The molecule has 3 N–H and O–H groups in total. The van der Waals surface area contributed by atoms with Gasteiger partial charge in [0.25, 0.3) is 11.8 Å². The van der Waals surface area contributed by atoms with Gasteiger partial charge in [-0.1, -0.05) is 23.9 Å². The zero-order valence-corrected chi connectivity index (χ0v) is 26.7. The number of β-amino-alcohol motifs (C(OH)–C–C–N with tert-alkyl or cyclic N) is 1. The van der Waals surface area contributed by atoms with E-state index in [1.165, 1.54) is 23.1 Å². The summed E-state index contributed by atoms with van der Waals surface area (Å²) in [5.41, 5.74) is 2.88. The van der Waals surface area contributed by atoms with Crippen molar-refractivity contribution in [3.63, 3.8) is 0 Å². The standard InChI is InChI=1S/C34H36N4O4S2/c1-21-26(12-13-29-30(21)37-32(40)27-6-4-5-7-28(27)44-29)31(39)35-18-25-19-36-33(43-25)22-8-10-23(11-9-22)42-24-14-16-38(17-15-24)20-34(2,3)41/h4-13,19,24,41H,14-18,20H2,1-3H3,(H,35,39)(H,37,40). The molecule has 0 bridgehead atoms. The average molecular weight is 629 g/mol. The van der Waals surface area contributed by atoms with Gasteiger partial charge in [-0.05, 0) is 87.7 Å². The van der Waals surface area contributed by atoms with Crippen molar-refractivity contribution in [2.45, 2.75) is 61.7 Å². The van der Waals surface area contributed by atoms with E-state index in [-0.39, 0.29) is 17.9 Å². The Morgan fingerprint density at radius 2 is 1.84 bits per heavy atom. The molecule has 2 amide bonds. The average Bonchev–Trinajstić information content (AvgIpc) is 3.42. The minimum Gasteiger partial charge on any atom is -0.490 e. The number of piperidine rings is 1. The lowest BCUT2D eigenvalue weighted by molar-refractivity contribution is 0.0140. The van der Waals surface area contributed by atoms with Crippen LogP contribution in [0.1, 0.15) is 57.8 Å². The van der Waals surface area contributed by atoms with E-state index in [4.69, 9.17) is 4.74 Å². The molecular weight excluding hydrogens is 593 g/mol. The maximum atomic E-state index is 13.2. The molecule has 2 aliphatic heterocycles. The first-order valence-corrected chi connectivity index (χ1v) is 16.4. The van der Waals surface area contributed by atoms with Gasteiger partial charge in [0, 0.05) is 51.6 Å². The number of nitrogens with one attached hydrogen (secondary N) is 2. The first-order valence-electron chi connectivity index (χ1n) is 14.8. The van der Waals surface area contributed by atoms with Crippen LogP contribution < -0.4 is 15.4 Å². The van der Waals surface area contributed by atoms with E-state index in [1.807, 2.05) is 81.4 Å². The highest BCUT2D eigenvalue weighted by Crippen LogP contribution is 2.41. The van der Waals surface area contributed by atoms with Crippen LogP contribution in [0.25, 0.3) is 10.6 Å². The Morgan fingerprint density at radius 3 is 2.59 bits per heavy atom. The summed E-state index contributed by atoms with van der Waals surface area (Å²) in [5, 5.41) is 17.0. The molecule has 1 fully saturated rings. The number of carbonyl (C=O) groups is 2. The number of fused-ring (bicyclic) bond motifs is 2. The maximum Gasteiger partial charge on any atom is 0.256 e. The zero-order chi connectivity index (χ0) is 30.8. The van der Waals surface area contributed by atoms with E-state index in [9.17, 15) is 14.7 Å². The van der Waals surface area contributed by atoms with Crippen LogP contribution >= 0.6 is 23.1 Å². The van der Waals surface area contributed by atoms with Gasteiger partial charge >= 0.3 is 0 Å². The second kappa shape index (κ2) is 12.7. The molecule has 1 aromatic heterocycles. The number of nitrogens with zero attached hydrogens (tertiary/aromatic N) is 2. The van der Waals surface area contributed by atoms with Gasteiger partial charge in [0.2, 0.25) is 0 Å². The number of hydrogen-bond acceptors (Lipinski definition) is 8. The van der Waals surface area contributed by atoms with Crippen molar-refractivity contribution in [3.05, 3.63) is 88.4 Å². The molecule has 2 aliphatic rings. The van der Waals surface area contributed by atoms with Crippen LogP contribution in [0, 0.1) is 6.92 Å². The fourth-order valence-electron chi connectivity index (χ4n) is 5.60. The molecule has 3 heterocycles. The molecule has 44 heavy (non-hydrogen) atoms. The van der Waals surface area contributed by atoms with E-state index in [2.05, 4.69) is 20.5 Å². The number of ether oxygens (including phenoxy) is 1. The van der Waals surface area contributed by atoms with Crippen LogP contribution in [-0.4, -0.2) is 58.1 Å². The summed E-state index contributed by atoms with van der Waals surface area (Å²) < 4.78 is 6.23. The molecule has 0 aliphatic carbocycles. The number of amides is 2. The molecule has 4 aromatic rings. The lowest BCUT2D eigenvalue weighted by atomic mass is 10.0. The quantitative estimate of drug-likeness (QED) is 0.208. The van der Waals surface area contributed by atoms with Gasteiger partial charge in [-0.2, -0.15) is 0 Å². The van der Waals surface area contributed by atoms with E-state index in [0.29, 0.717) is 29.9 Å².